The normalized spacial score (nSPS) is 8.77. The highest BCUT2D eigenvalue weighted by molar-refractivity contribution is 9.10. The predicted molar refractivity (Wildman–Crippen MR) is 55.6 cm³/mol. The summed E-state index contributed by atoms with van der Waals surface area (Å²) in [5, 5.41) is 4.39. The van der Waals surface area contributed by atoms with Crippen molar-refractivity contribution in [3.05, 3.63) is 15.5 Å². The van der Waals surface area contributed by atoms with E-state index >= 15 is 0 Å². The standard InChI is InChI=1S/C8H7BrN2OS/c1-2-3-4-10-8(12)7-6(9)5-13-11-7/h5H,4H2,1H3,(H,10,12). The second kappa shape index (κ2) is 5.00. The Morgan fingerprint density at radius 3 is 3.15 bits per heavy atom. The van der Waals surface area contributed by atoms with Gasteiger partial charge in [-0.15, -0.1) is 5.92 Å². The summed E-state index contributed by atoms with van der Waals surface area (Å²) < 4.78 is 4.65. The van der Waals surface area contributed by atoms with Crippen LogP contribution < -0.4 is 5.32 Å². The van der Waals surface area contributed by atoms with Crippen molar-refractivity contribution in [2.45, 2.75) is 6.92 Å². The van der Waals surface area contributed by atoms with Gasteiger partial charge in [-0.25, -0.2) is 0 Å². The van der Waals surface area contributed by atoms with Crippen molar-refractivity contribution in [1.29, 1.82) is 0 Å². The Kier molecular flexibility index (Phi) is 3.93. The maximum absolute atomic E-state index is 11.3. The first kappa shape index (κ1) is 10.2. The van der Waals surface area contributed by atoms with E-state index in [0.717, 1.165) is 4.47 Å². The summed E-state index contributed by atoms with van der Waals surface area (Å²) >= 11 is 4.47. The summed E-state index contributed by atoms with van der Waals surface area (Å²) in [5.74, 6) is 5.23. The third-order valence-electron chi connectivity index (χ3n) is 1.26. The summed E-state index contributed by atoms with van der Waals surface area (Å²) in [6.45, 7) is 2.09. The zero-order chi connectivity index (χ0) is 9.68. The van der Waals surface area contributed by atoms with Gasteiger partial charge in [-0.2, -0.15) is 4.37 Å². The highest BCUT2D eigenvalue weighted by atomic mass is 79.9. The SMILES string of the molecule is CC#CCNC(=O)c1nscc1Br. The Hall–Kier alpha value is -0.860. The van der Waals surface area contributed by atoms with E-state index < -0.39 is 0 Å². The fraction of sp³-hybridized carbons (Fsp3) is 0.250. The molecule has 3 nitrogen and oxygen atoms in total. The molecule has 0 saturated carbocycles. The Morgan fingerprint density at radius 1 is 1.85 bits per heavy atom. The summed E-state index contributed by atoms with van der Waals surface area (Å²) in [6.07, 6.45) is 0. The first-order valence-corrected chi connectivity index (χ1v) is 5.16. The maximum atomic E-state index is 11.3. The van der Waals surface area contributed by atoms with Crippen LogP contribution in [0.2, 0.25) is 0 Å². The van der Waals surface area contributed by atoms with Crippen LogP contribution in [0.4, 0.5) is 0 Å². The Balaban J connectivity index is 2.57. The van der Waals surface area contributed by atoms with Crippen molar-refractivity contribution in [1.82, 2.24) is 9.69 Å². The van der Waals surface area contributed by atoms with Crippen LogP contribution in [0.15, 0.2) is 9.85 Å². The van der Waals surface area contributed by atoms with Crippen molar-refractivity contribution in [2.75, 3.05) is 6.54 Å². The summed E-state index contributed by atoms with van der Waals surface area (Å²) in [5.41, 5.74) is 0.419. The van der Waals surface area contributed by atoms with Crippen LogP contribution >= 0.6 is 27.5 Å². The molecule has 0 aliphatic carbocycles. The van der Waals surface area contributed by atoms with Crippen molar-refractivity contribution in [2.24, 2.45) is 0 Å². The molecule has 0 fully saturated rings. The van der Waals surface area contributed by atoms with E-state index in [1.54, 1.807) is 12.3 Å². The van der Waals surface area contributed by atoms with E-state index in [-0.39, 0.29) is 5.91 Å². The Labute approximate surface area is 88.8 Å². The van der Waals surface area contributed by atoms with Gasteiger partial charge >= 0.3 is 0 Å². The number of nitrogens with one attached hydrogen (secondary N) is 1. The lowest BCUT2D eigenvalue weighted by molar-refractivity contribution is 0.0954. The average Bonchev–Trinajstić information content (AvgIpc) is 2.52. The smallest absolute Gasteiger partial charge is 0.272 e. The van der Waals surface area contributed by atoms with Gasteiger partial charge in [-0.05, 0) is 34.4 Å². The molecule has 0 saturated heterocycles. The van der Waals surface area contributed by atoms with Crippen LogP contribution in [0.1, 0.15) is 17.4 Å². The van der Waals surface area contributed by atoms with Gasteiger partial charge in [0.1, 0.15) is 0 Å². The Bertz CT molecular complexity index is 364. The molecular formula is C8H7BrN2OS. The van der Waals surface area contributed by atoms with E-state index in [1.807, 2.05) is 0 Å². The third kappa shape index (κ3) is 2.83. The molecule has 0 spiro atoms. The molecule has 68 valence electrons. The van der Waals surface area contributed by atoms with Crippen LogP contribution in [0, 0.1) is 11.8 Å². The molecule has 0 aliphatic heterocycles. The molecule has 1 heterocycles. The maximum Gasteiger partial charge on any atom is 0.272 e. The molecule has 0 bridgehead atoms. The van der Waals surface area contributed by atoms with E-state index in [2.05, 4.69) is 37.5 Å². The number of carbonyl (C=O) groups excluding carboxylic acids is 1. The summed E-state index contributed by atoms with van der Waals surface area (Å²) in [4.78, 5) is 11.3. The lowest BCUT2D eigenvalue weighted by atomic mass is 10.4. The lowest BCUT2D eigenvalue weighted by Gasteiger charge is -1.96. The number of aromatic nitrogens is 1. The topological polar surface area (TPSA) is 42.0 Å². The number of halogens is 1. The second-order valence-electron chi connectivity index (χ2n) is 2.12. The van der Waals surface area contributed by atoms with Crippen molar-refractivity contribution < 1.29 is 4.79 Å². The van der Waals surface area contributed by atoms with Crippen LogP contribution in [0.25, 0.3) is 0 Å². The molecule has 5 heteroatoms. The number of rotatable bonds is 2. The molecule has 13 heavy (non-hydrogen) atoms. The van der Waals surface area contributed by atoms with Gasteiger partial charge in [0.2, 0.25) is 0 Å². The van der Waals surface area contributed by atoms with Crippen LogP contribution in [0.3, 0.4) is 0 Å². The van der Waals surface area contributed by atoms with E-state index in [0.29, 0.717) is 12.2 Å². The first-order valence-electron chi connectivity index (χ1n) is 3.53. The van der Waals surface area contributed by atoms with Gasteiger partial charge in [-0.1, -0.05) is 5.92 Å². The molecule has 0 unspecified atom stereocenters. The quantitative estimate of drug-likeness (QED) is 0.821. The monoisotopic (exact) mass is 258 g/mol. The van der Waals surface area contributed by atoms with Gasteiger partial charge in [0.05, 0.1) is 11.0 Å². The van der Waals surface area contributed by atoms with Gasteiger partial charge < -0.3 is 5.32 Å². The summed E-state index contributed by atoms with van der Waals surface area (Å²) in [7, 11) is 0. The minimum absolute atomic E-state index is 0.198. The van der Waals surface area contributed by atoms with E-state index in [1.165, 1.54) is 11.5 Å². The molecule has 1 N–H and O–H groups in total. The molecule has 1 aromatic heterocycles. The van der Waals surface area contributed by atoms with Crippen molar-refractivity contribution >= 4 is 33.4 Å². The zero-order valence-electron chi connectivity index (χ0n) is 6.93. The predicted octanol–water partition coefficient (Wildman–Crippen LogP) is 1.66. The molecule has 0 radical (unpaired) electrons. The van der Waals surface area contributed by atoms with Crippen LogP contribution in [-0.2, 0) is 0 Å². The number of nitrogens with zero attached hydrogens (tertiary/aromatic N) is 1. The number of carbonyl (C=O) groups is 1. The van der Waals surface area contributed by atoms with Crippen LogP contribution in [-0.4, -0.2) is 16.8 Å². The number of amides is 1. The molecule has 1 rings (SSSR count). The van der Waals surface area contributed by atoms with Gasteiger partial charge in [0.25, 0.3) is 5.91 Å². The number of hydrogen-bond donors (Lipinski definition) is 1. The van der Waals surface area contributed by atoms with Gasteiger partial charge in [0, 0.05) is 5.38 Å². The van der Waals surface area contributed by atoms with E-state index in [4.69, 9.17) is 0 Å². The average molecular weight is 259 g/mol. The van der Waals surface area contributed by atoms with E-state index in [9.17, 15) is 4.79 Å². The van der Waals surface area contributed by atoms with Gasteiger partial charge in [0.15, 0.2) is 5.69 Å². The summed E-state index contributed by atoms with van der Waals surface area (Å²) in [6, 6.07) is 0. The fourth-order valence-electron chi connectivity index (χ4n) is 0.671. The highest BCUT2D eigenvalue weighted by Gasteiger charge is 2.11. The molecule has 1 aromatic rings. The largest absolute Gasteiger partial charge is 0.340 e. The second-order valence-corrected chi connectivity index (χ2v) is 3.60. The molecule has 0 aromatic carbocycles. The minimum atomic E-state index is -0.198. The molecule has 1 amide bonds. The fourth-order valence-corrected chi connectivity index (χ4v) is 1.85. The molecule has 0 atom stereocenters. The lowest BCUT2D eigenvalue weighted by Crippen LogP contribution is -2.24. The molecule has 0 aliphatic rings. The van der Waals surface area contributed by atoms with Crippen LogP contribution in [0.5, 0.6) is 0 Å². The zero-order valence-corrected chi connectivity index (χ0v) is 9.33. The highest BCUT2D eigenvalue weighted by Crippen LogP contribution is 2.16. The van der Waals surface area contributed by atoms with Gasteiger partial charge in [-0.3, -0.25) is 4.79 Å². The third-order valence-corrected chi connectivity index (χ3v) is 2.79. The number of hydrogen-bond acceptors (Lipinski definition) is 3. The first-order chi connectivity index (χ1) is 6.25. The van der Waals surface area contributed by atoms with Crippen molar-refractivity contribution in [3.63, 3.8) is 0 Å². The Morgan fingerprint density at radius 2 is 2.62 bits per heavy atom. The minimum Gasteiger partial charge on any atom is -0.340 e. The van der Waals surface area contributed by atoms with Crippen molar-refractivity contribution in [3.8, 4) is 11.8 Å². The molecular weight excluding hydrogens is 252 g/mol.